The van der Waals surface area contributed by atoms with Crippen molar-refractivity contribution in [2.45, 2.75) is 13.8 Å². The van der Waals surface area contributed by atoms with Gasteiger partial charge in [0.05, 0.1) is 13.3 Å². The highest BCUT2D eigenvalue weighted by molar-refractivity contribution is 5.92. The predicted molar refractivity (Wildman–Crippen MR) is 103 cm³/mol. The second kappa shape index (κ2) is 8.33. The van der Waals surface area contributed by atoms with Crippen LogP contribution in [0.3, 0.4) is 0 Å². The van der Waals surface area contributed by atoms with Crippen LogP contribution in [0.5, 0.6) is 11.5 Å². The topological polar surface area (TPSA) is 146 Å². The number of benzene rings is 1. The fourth-order valence-electron chi connectivity index (χ4n) is 2.51. The van der Waals surface area contributed by atoms with Crippen LogP contribution in [0, 0.1) is 13.8 Å². The van der Waals surface area contributed by atoms with E-state index in [1.807, 2.05) is 19.9 Å². The van der Waals surface area contributed by atoms with Crippen molar-refractivity contribution in [1.29, 1.82) is 0 Å². The highest BCUT2D eigenvalue weighted by atomic mass is 16.5. The van der Waals surface area contributed by atoms with Crippen LogP contribution in [0.1, 0.15) is 27.6 Å². The lowest BCUT2D eigenvalue weighted by atomic mass is 10.2. The number of aromatic nitrogens is 4. The fraction of sp³-hybridized carbons (Fsp3) is 0.222. The molecule has 11 nitrogen and oxygen atoms in total. The summed E-state index contributed by atoms with van der Waals surface area (Å²) in [6.45, 7) is 3.42. The van der Waals surface area contributed by atoms with Crippen LogP contribution in [0.2, 0.25) is 0 Å². The number of carbonyl (C=O) groups is 2. The highest BCUT2D eigenvalue weighted by Crippen LogP contribution is 2.27. The molecule has 2 aromatic heterocycles. The Labute approximate surface area is 165 Å². The maximum atomic E-state index is 12.2. The van der Waals surface area contributed by atoms with E-state index in [-0.39, 0.29) is 12.4 Å². The lowest BCUT2D eigenvalue weighted by Gasteiger charge is -2.09. The normalized spacial score (nSPS) is 11.0. The van der Waals surface area contributed by atoms with Crippen LogP contribution in [0.25, 0.3) is 5.78 Å². The zero-order chi connectivity index (χ0) is 21.0. The number of methoxy groups -OCH3 is 1. The van der Waals surface area contributed by atoms with Crippen LogP contribution in [0.15, 0.2) is 29.4 Å². The molecule has 0 bridgehead atoms. The number of nitrogens with zero attached hydrogens (tertiary/aromatic N) is 5. The smallest absolute Gasteiger partial charge is 0.311 e. The fourth-order valence-corrected chi connectivity index (χ4v) is 2.51. The van der Waals surface area contributed by atoms with Crippen LogP contribution in [-0.4, -0.2) is 51.3 Å². The minimum atomic E-state index is -0.596. The molecule has 0 unspecified atom stereocenters. The van der Waals surface area contributed by atoms with E-state index < -0.39 is 11.8 Å². The Morgan fingerprint density at radius 1 is 1.24 bits per heavy atom. The first kappa shape index (κ1) is 19.7. The van der Waals surface area contributed by atoms with Gasteiger partial charge in [0.25, 0.3) is 11.7 Å². The van der Waals surface area contributed by atoms with E-state index in [1.54, 1.807) is 18.2 Å². The van der Waals surface area contributed by atoms with Gasteiger partial charge < -0.3 is 15.2 Å². The summed E-state index contributed by atoms with van der Waals surface area (Å²) in [5.74, 6) is -0.122. The number of fused-ring (bicyclic) bond motifs is 1. The van der Waals surface area contributed by atoms with Crippen molar-refractivity contribution < 1.29 is 19.1 Å². The summed E-state index contributed by atoms with van der Waals surface area (Å²) in [5.41, 5.74) is 9.65. The predicted octanol–water partition coefficient (Wildman–Crippen LogP) is 0.378. The van der Waals surface area contributed by atoms with Crippen molar-refractivity contribution in [1.82, 2.24) is 25.0 Å². The van der Waals surface area contributed by atoms with Crippen LogP contribution < -0.4 is 20.6 Å². The molecule has 29 heavy (non-hydrogen) atoms. The van der Waals surface area contributed by atoms with Gasteiger partial charge in [0.1, 0.15) is 0 Å². The Morgan fingerprint density at radius 2 is 2.03 bits per heavy atom. The van der Waals surface area contributed by atoms with Gasteiger partial charge in [-0.1, -0.05) is 0 Å². The molecular formula is C18H19N7O4. The van der Waals surface area contributed by atoms with Crippen LogP contribution in [0.4, 0.5) is 0 Å². The first-order valence-electron chi connectivity index (χ1n) is 8.51. The maximum absolute atomic E-state index is 12.2. The molecule has 2 amide bonds. The molecule has 3 rings (SSSR count). The lowest BCUT2D eigenvalue weighted by Crippen LogP contribution is -2.20. The summed E-state index contributed by atoms with van der Waals surface area (Å²) < 4.78 is 12.0. The highest BCUT2D eigenvalue weighted by Gasteiger charge is 2.14. The largest absolute Gasteiger partial charge is 0.493 e. The van der Waals surface area contributed by atoms with Crippen molar-refractivity contribution in [3.8, 4) is 11.5 Å². The van der Waals surface area contributed by atoms with Crippen molar-refractivity contribution in [2.24, 2.45) is 10.8 Å². The monoisotopic (exact) mass is 397 g/mol. The minimum Gasteiger partial charge on any atom is -0.493 e. The first-order valence-corrected chi connectivity index (χ1v) is 8.51. The van der Waals surface area contributed by atoms with Gasteiger partial charge in [0.2, 0.25) is 5.82 Å². The summed E-state index contributed by atoms with van der Waals surface area (Å²) in [6, 6.07) is 6.75. The molecule has 0 radical (unpaired) electrons. The molecule has 150 valence electrons. The first-order chi connectivity index (χ1) is 13.9. The number of nitrogens with one attached hydrogen (secondary N) is 1. The molecule has 0 saturated carbocycles. The molecule has 3 N–H and O–H groups in total. The summed E-state index contributed by atoms with van der Waals surface area (Å²) in [7, 11) is 1.46. The Bertz CT molecular complexity index is 1110. The third kappa shape index (κ3) is 4.64. The Kier molecular flexibility index (Phi) is 5.67. The van der Waals surface area contributed by atoms with Gasteiger partial charge in [-0.25, -0.2) is 14.9 Å². The Balaban J connectivity index is 1.70. The van der Waals surface area contributed by atoms with Crippen LogP contribution in [-0.2, 0) is 4.79 Å². The van der Waals surface area contributed by atoms with Gasteiger partial charge in [-0.3, -0.25) is 9.59 Å². The zero-order valence-electron chi connectivity index (χ0n) is 16.0. The molecule has 0 saturated heterocycles. The summed E-state index contributed by atoms with van der Waals surface area (Å²) >= 11 is 0. The van der Waals surface area contributed by atoms with E-state index in [0.717, 1.165) is 11.4 Å². The molecule has 1 aromatic carbocycles. The van der Waals surface area contributed by atoms with Gasteiger partial charge in [-0.05, 0) is 43.7 Å². The van der Waals surface area contributed by atoms with E-state index in [1.165, 1.54) is 17.8 Å². The molecule has 0 atom stereocenters. The minimum absolute atomic E-state index is 0.0452. The molecule has 3 aromatic rings. The third-order valence-electron chi connectivity index (χ3n) is 3.76. The number of nitrogens with two attached hydrogens (primary N) is 1. The summed E-state index contributed by atoms with van der Waals surface area (Å²) in [6.07, 6.45) is 1.42. The molecule has 0 aliphatic rings. The van der Waals surface area contributed by atoms with Crippen molar-refractivity contribution in [3.05, 3.63) is 47.0 Å². The molecule has 0 aliphatic heterocycles. The van der Waals surface area contributed by atoms with E-state index in [4.69, 9.17) is 15.2 Å². The second-order valence-electron chi connectivity index (χ2n) is 6.05. The van der Waals surface area contributed by atoms with Crippen LogP contribution >= 0.6 is 0 Å². The average molecular weight is 397 g/mol. The van der Waals surface area contributed by atoms with Gasteiger partial charge in [-0.2, -0.15) is 10.1 Å². The molecular weight excluding hydrogens is 378 g/mol. The number of ether oxygens (including phenoxy) is 2. The van der Waals surface area contributed by atoms with Gasteiger partial charge >= 0.3 is 5.91 Å². The number of aryl methyl sites for hydroxylation is 2. The standard InChI is InChI=1S/C18H19N7O4/c1-10-6-11(2)25-18(21-10)22-16(24-25)17(27)23-20-8-12-4-5-13(14(7-12)28-3)29-9-15(19)26/h4-8H,9H2,1-3H3,(H2,19,26)(H,23,27)/b20-8-. The van der Waals surface area contributed by atoms with E-state index in [0.29, 0.717) is 22.8 Å². The number of hydrogen-bond acceptors (Lipinski definition) is 8. The number of hydrazone groups is 1. The molecule has 0 aliphatic carbocycles. The molecule has 0 spiro atoms. The van der Waals surface area contributed by atoms with Gasteiger partial charge in [0, 0.05) is 11.4 Å². The van der Waals surface area contributed by atoms with E-state index in [2.05, 4.69) is 25.6 Å². The second-order valence-corrected chi connectivity index (χ2v) is 6.05. The number of amides is 2. The van der Waals surface area contributed by atoms with E-state index in [9.17, 15) is 9.59 Å². The molecule has 2 heterocycles. The molecule has 11 heteroatoms. The third-order valence-corrected chi connectivity index (χ3v) is 3.76. The zero-order valence-corrected chi connectivity index (χ0v) is 16.0. The number of primary amides is 1. The summed E-state index contributed by atoms with van der Waals surface area (Å²) in [5, 5.41) is 8.04. The SMILES string of the molecule is COc1cc(/C=N\NC(=O)c2nc3nc(C)cc(C)n3n2)ccc1OCC(N)=O. The Morgan fingerprint density at radius 3 is 2.76 bits per heavy atom. The number of rotatable bonds is 7. The molecule has 0 fully saturated rings. The number of carbonyl (C=O) groups excluding carboxylic acids is 2. The quantitative estimate of drug-likeness (QED) is 0.433. The number of hydrogen-bond donors (Lipinski definition) is 2. The lowest BCUT2D eigenvalue weighted by molar-refractivity contribution is -0.119. The van der Waals surface area contributed by atoms with Crippen molar-refractivity contribution in [3.63, 3.8) is 0 Å². The Hall–Kier alpha value is -4.02. The van der Waals surface area contributed by atoms with E-state index >= 15 is 0 Å². The van der Waals surface area contributed by atoms with Gasteiger partial charge in [-0.15, -0.1) is 5.10 Å². The average Bonchev–Trinajstić information content (AvgIpc) is 3.11. The van der Waals surface area contributed by atoms with Crippen molar-refractivity contribution >= 4 is 23.8 Å². The maximum Gasteiger partial charge on any atom is 0.311 e. The summed E-state index contributed by atoms with van der Waals surface area (Å²) in [4.78, 5) is 31.4. The van der Waals surface area contributed by atoms with Crippen molar-refractivity contribution in [2.75, 3.05) is 13.7 Å². The van der Waals surface area contributed by atoms with Gasteiger partial charge in [0.15, 0.2) is 18.1 Å².